The molecule has 0 aliphatic rings. The van der Waals surface area contributed by atoms with Gasteiger partial charge < -0.3 is 4.42 Å². The van der Waals surface area contributed by atoms with Gasteiger partial charge in [0.1, 0.15) is 11.2 Å². The second-order valence-corrected chi connectivity index (χ2v) is 30.1. The standard InChI is InChI=1S/C95H62OS2/c1-55-41-63(43-64(42-55)62-32-38-79-86-54-69(95(2,3)4)34-39-89(86)96-90(79)53-62)59-30-37-78-77-35-29-58(47-83(77)74-19-9-10-20-75(74)85(78)48-59)56-25-27-57(28-26-56)82-51-68(52-88-81-22-12-14-24-92(81)98-94(82)88)67-45-65(44-66(46-67)61-33-40-93-87(50-61)80-21-11-13-23-91(80)97-93)60-31-36-76-72-17-6-5-15-70(72)71-16-7-8-18-73(71)84(76)49-60/h5-54H,1-4H3. The van der Waals surface area contributed by atoms with E-state index >= 15 is 0 Å². The molecule has 3 heterocycles. The predicted molar refractivity (Wildman–Crippen MR) is 426 cm³/mol. The maximum Gasteiger partial charge on any atom is 0.136 e. The third kappa shape index (κ3) is 9.18. The molecule has 0 amide bonds. The Hall–Kier alpha value is -11.5. The number of hydrogen-bond acceptors (Lipinski definition) is 3. The lowest BCUT2D eigenvalue weighted by Crippen LogP contribution is -2.10. The Morgan fingerprint density at radius 2 is 0.592 bits per heavy atom. The van der Waals surface area contributed by atoms with E-state index in [1.165, 1.54) is 194 Å². The van der Waals surface area contributed by atoms with Gasteiger partial charge in [0.05, 0.1) is 0 Å². The van der Waals surface area contributed by atoms with Crippen molar-refractivity contribution in [3.63, 3.8) is 0 Å². The maximum absolute atomic E-state index is 6.50. The minimum Gasteiger partial charge on any atom is -0.456 e. The molecule has 3 heteroatoms. The smallest absolute Gasteiger partial charge is 0.136 e. The van der Waals surface area contributed by atoms with Gasteiger partial charge in [0.25, 0.3) is 0 Å². The first-order valence-electron chi connectivity index (χ1n) is 34.0. The average Bonchev–Trinajstić information content (AvgIpc) is 1.06. The minimum atomic E-state index is 0.0558. The van der Waals surface area contributed by atoms with Crippen molar-refractivity contribution in [3.8, 4) is 77.9 Å². The van der Waals surface area contributed by atoms with Gasteiger partial charge in [0.15, 0.2) is 0 Å². The van der Waals surface area contributed by atoms with Gasteiger partial charge in [-0.1, -0.05) is 221 Å². The minimum absolute atomic E-state index is 0.0558. The monoisotopic (exact) mass is 1280 g/mol. The van der Waals surface area contributed by atoms with E-state index in [4.69, 9.17) is 4.42 Å². The number of thiophene rings is 2. The van der Waals surface area contributed by atoms with Gasteiger partial charge in [-0.15, -0.1) is 22.7 Å². The highest BCUT2D eigenvalue weighted by atomic mass is 32.1. The highest BCUT2D eigenvalue weighted by Crippen LogP contribution is 2.48. The normalized spacial score (nSPS) is 12.3. The van der Waals surface area contributed by atoms with E-state index in [-0.39, 0.29) is 5.41 Å². The third-order valence-electron chi connectivity index (χ3n) is 21.0. The second kappa shape index (κ2) is 21.8. The summed E-state index contributed by atoms with van der Waals surface area (Å²) < 4.78 is 11.7. The molecule has 0 aliphatic heterocycles. The molecule has 98 heavy (non-hydrogen) atoms. The van der Waals surface area contributed by atoms with Gasteiger partial charge >= 0.3 is 0 Å². The van der Waals surface area contributed by atoms with Crippen molar-refractivity contribution >= 4 is 150 Å². The van der Waals surface area contributed by atoms with Crippen LogP contribution in [-0.4, -0.2) is 0 Å². The molecular formula is C95H62OS2. The van der Waals surface area contributed by atoms with E-state index in [0.717, 1.165) is 22.1 Å². The number of aryl methyl sites for hydroxylation is 1. The van der Waals surface area contributed by atoms with E-state index in [9.17, 15) is 0 Å². The van der Waals surface area contributed by atoms with Crippen LogP contribution in [-0.2, 0) is 5.41 Å². The second-order valence-electron chi connectivity index (χ2n) is 28.0. The van der Waals surface area contributed by atoms with Crippen LogP contribution < -0.4 is 0 Å². The highest BCUT2D eigenvalue weighted by Gasteiger charge is 2.21. The molecule has 0 unspecified atom stereocenters. The zero-order valence-corrected chi connectivity index (χ0v) is 56.2. The lowest BCUT2D eigenvalue weighted by Gasteiger charge is -2.18. The van der Waals surface area contributed by atoms with Crippen LogP contribution in [0.3, 0.4) is 0 Å². The van der Waals surface area contributed by atoms with Crippen LogP contribution in [0, 0.1) is 6.92 Å². The Morgan fingerprint density at radius 3 is 1.13 bits per heavy atom. The quantitative estimate of drug-likeness (QED) is 0.145. The summed E-state index contributed by atoms with van der Waals surface area (Å²) in [6.45, 7) is 9.00. The maximum atomic E-state index is 6.50. The molecule has 3 aromatic heterocycles. The largest absolute Gasteiger partial charge is 0.456 e. The van der Waals surface area contributed by atoms with Crippen molar-refractivity contribution in [2.24, 2.45) is 0 Å². The summed E-state index contributed by atoms with van der Waals surface area (Å²) in [5.74, 6) is 0. The van der Waals surface area contributed by atoms with E-state index in [2.05, 4.69) is 331 Å². The Labute approximate surface area is 575 Å². The van der Waals surface area contributed by atoms with Crippen LogP contribution in [0.25, 0.3) is 205 Å². The lowest BCUT2D eigenvalue weighted by molar-refractivity contribution is 0.590. The topological polar surface area (TPSA) is 13.1 Å². The van der Waals surface area contributed by atoms with Crippen molar-refractivity contribution in [2.45, 2.75) is 33.1 Å². The summed E-state index contributed by atoms with van der Waals surface area (Å²) in [5, 5.41) is 22.7. The van der Waals surface area contributed by atoms with Crippen LogP contribution in [0.4, 0.5) is 0 Å². The number of fused-ring (bicyclic) bond motifs is 21. The fraction of sp³-hybridized carbons (Fsp3) is 0.0526. The van der Waals surface area contributed by atoms with Gasteiger partial charge in [-0.05, 0) is 264 Å². The first kappa shape index (κ1) is 56.8. The van der Waals surface area contributed by atoms with Gasteiger partial charge in [-0.3, -0.25) is 0 Å². The number of furan rings is 1. The van der Waals surface area contributed by atoms with Gasteiger partial charge in [0.2, 0.25) is 0 Å². The molecule has 17 aromatic carbocycles. The number of hydrogen-bond donors (Lipinski definition) is 0. The SMILES string of the molecule is Cc1cc(-c2ccc3c(c2)oc2ccc(C(C)(C)C)cc23)cc(-c2ccc3c4ccc(-c5ccc(-c6cc(-c7cc(-c8ccc9sc%10ccccc%10c9c8)cc(-c8ccc9c%10ccccc%10c%10ccccc%10c9c8)c7)cc7c6sc6ccccc67)cc5)cc4c4ccccc4c3c2)c1. The fourth-order valence-electron chi connectivity index (χ4n) is 16.0. The first-order chi connectivity index (χ1) is 48.0. The van der Waals surface area contributed by atoms with Crippen LogP contribution in [0.5, 0.6) is 0 Å². The van der Waals surface area contributed by atoms with Gasteiger partial charge in [-0.25, -0.2) is 0 Å². The summed E-state index contributed by atoms with van der Waals surface area (Å²) in [6.07, 6.45) is 0. The van der Waals surface area contributed by atoms with E-state index < -0.39 is 0 Å². The molecule has 1 nitrogen and oxygen atoms in total. The van der Waals surface area contributed by atoms with Crippen molar-refractivity contribution < 1.29 is 4.42 Å². The zero-order chi connectivity index (χ0) is 65.1. The third-order valence-corrected chi connectivity index (χ3v) is 23.4. The molecule has 460 valence electrons. The molecule has 0 saturated heterocycles. The summed E-state index contributed by atoms with van der Waals surface area (Å²) in [4.78, 5) is 0. The van der Waals surface area contributed by atoms with Crippen molar-refractivity contribution in [1.82, 2.24) is 0 Å². The Morgan fingerprint density at radius 1 is 0.224 bits per heavy atom. The molecule has 0 bridgehead atoms. The first-order valence-corrected chi connectivity index (χ1v) is 35.6. The van der Waals surface area contributed by atoms with E-state index in [1.807, 2.05) is 22.7 Å². The molecule has 20 rings (SSSR count). The van der Waals surface area contributed by atoms with Gasteiger partial charge in [0, 0.05) is 56.7 Å². The summed E-state index contributed by atoms with van der Waals surface area (Å²) in [5.41, 5.74) is 21.1. The highest BCUT2D eigenvalue weighted by molar-refractivity contribution is 7.26. The molecule has 0 saturated carbocycles. The summed E-state index contributed by atoms with van der Waals surface area (Å²) >= 11 is 3.77. The van der Waals surface area contributed by atoms with E-state index in [1.54, 1.807) is 0 Å². The van der Waals surface area contributed by atoms with Crippen molar-refractivity contribution in [3.05, 3.63) is 314 Å². The Kier molecular flexibility index (Phi) is 12.6. The van der Waals surface area contributed by atoms with E-state index in [0.29, 0.717) is 0 Å². The summed E-state index contributed by atoms with van der Waals surface area (Å²) in [7, 11) is 0. The van der Waals surface area contributed by atoms with Crippen LogP contribution in [0.2, 0.25) is 0 Å². The Bertz CT molecular complexity index is 6730. The predicted octanol–water partition coefficient (Wildman–Crippen LogP) is 28.5. The molecule has 0 atom stereocenters. The van der Waals surface area contributed by atoms with Crippen LogP contribution in [0.15, 0.2) is 308 Å². The molecule has 0 aliphatic carbocycles. The lowest BCUT2D eigenvalue weighted by atomic mass is 9.86. The average molecular weight is 1280 g/mol. The van der Waals surface area contributed by atoms with Crippen LogP contribution in [0.1, 0.15) is 31.9 Å². The molecule has 0 spiro atoms. The molecule has 20 aromatic rings. The molecule has 0 radical (unpaired) electrons. The van der Waals surface area contributed by atoms with Crippen LogP contribution >= 0.6 is 22.7 Å². The molecule has 0 N–H and O–H groups in total. The zero-order valence-electron chi connectivity index (χ0n) is 54.6. The fourth-order valence-corrected chi connectivity index (χ4v) is 18.3. The van der Waals surface area contributed by atoms with Crippen molar-refractivity contribution in [2.75, 3.05) is 0 Å². The number of benzene rings is 17. The summed E-state index contributed by atoms with van der Waals surface area (Å²) in [6, 6.07) is 115. The number of rotatable bonds is 7. The van der Waals surface area contributed by atoms with Crippen molar-refractivity contribution in [1.29, 1.82) is 0 Å². The Balaban J connectivity index is 0.684. The molecule has 0 fully saturated rings. The molecular weight excluding hydrogens is 1220 g/mol. The van der Waals surface area contributed by atoms with Gasteiger partial charge in [-0.2, -0.15) is 0 Å².